The van der Waals surface area contributed by atoms with E-state index in [-0.39, 0.29) is 5.91 Å². The first-order valence-corrected chi connectivity index (χ1v) is 6.95. The third-order valence-corrected chi connectivity index (χ3v) is 2.91. The summed E-state index contributed by atoms with van der Waals surface area (Å²) in [6, 6.07) is 8.21. The van der Waals surface area contributed by atoms with Crippen LogP contribution in [0.2, 0.25) is 0 Å². The van der Waals surface area contributed by atoms with E-state index in [1.54, 1.807) is 0 Å². The number of carbonyl (C=O) groups excluding carboxylic acids is 1. The molecule has 4 heteroatoms. The predicted octanol–water partition coefficient (Wildman–Crippen LogP) is 1.68. The lowest BCUT2D eigenvalue weighted by Crippen LogP contribution is -2.38. The first-order chi connectivity index (χ1) is 9.17. The Morgan fingerprint density at radius 2 is 2.21 bits per heavy atom. The van der Waals surface area contributed by atoms with Gasteiger partial charge in [-0.1, -0.05) is 19.1 Å². The monoisotopic (exact) mass is 263 g/mol. The SMILES string of the molecule is CCCNC(=O)CN(CCCN)c1cccc(C)c1. The number of nitrogens with one attached hydrogen (secondary N) is 1. The van der Waals surface area contributed by atoms with E-state index < -0.39 is 0 Å². The first-order valence-electron chi connectivity index (χ1n) is 6.95. The van der Waals surface area contributed by atoms with Gasteiger partial charge in [0.25, 0.3) is 0 Å². The molecule has 1 amide bonds. The van der Waals surface area contributed by atoms with E-state index in [1.165, 1.54) is 5.56 Å². The standard InChI is InChI=1S/C15H25N3O/c1-3-9-17-15(19)12-18(10-5-8-16)14-7-4-6-13(2)11-14/h4,6-7,11H,3,5,8-10,12,16H2,1-2H3,(H,17,19). The molecule has 3 N–H and O–H groups in total. The van der Waals surface area contributed by atoms with Gasteiger partial charge in [0.1, 0.15) is 0 Å². The quantitative estimate of drug-likeness (QED) is 0.750. The molecule has 0 fully saturated rings. The molecule has 0 bridgehead atoms. The van der Waals surface area contributed by atoms with E-state index in [0.717, 1.165) is 31.6 Å². The molecular formula is C15H25N3O. The summed E-state index contributed by atoms with van der Waals surface area (Å²) in [5.41, 5.74) is 7.85. The minimum Gasteiger partial charge on any atom is -0.362 e. The van der Waals surface area contributed by atoms with E-state index >= 15 is 0 Å². The first kappa shape index (κ1) is 15.5. The number of amides is 1. The lowest BCUT2D eigenvalue weighted by Gasteiger charge is -2.24. The molecule has 4 nitrogen and oxygen atoms in total. The second kappa shape index (κ2) is 8.53. The van der Waals surface area contributed by atoms with Crippen LogP contribution in [0.4, 0.5) is 5.69 Å². The molecule has 0 saturated heterocycles. The van der Waals surface area contributed by atoms with Crippen LogP contribution < -0.4 is 16.0 Å². The molecular weight excluding hydrogens is 238 g/mol. The Kier molecular flexibility index (Phi) is 6.97. The van der Waals surface area contributed by atoms with Crippen molar-refractivity contribution in [1.82, 2.24) is 5.32 Å². The molecule has 1 aromatic carbocycles. The molecule has 106 valence electrons. The number of rotatable bonds is 8. The van der Waals surface area contributed by atoms with Crippen molar-refractivity contribution in [3.63, 3.8) is 0 Å². The molecule has 0 heterocycles. The minimum atomic E-state index is 0.0698. The van der Waals surface area contributed by atoms with Gasteiger partial charge in [-0.15, -0.1) is 0 Å². The van der Waals surface area contributed by atoms with Crippen LogP contribution in [0, 0.1) is 6.92 Å². The van der Waals surface area contributed by atoms with Gasteiger partial charge >= 0.3 is 0 Å². The summed E-state index contributed by atoms with van der Waals surface area (Å²) >= 11 is 0. The van der Waals surface area contributed by atoms with Gasteiger partial charge in [0.15, 0.2) is 0 Å². The Morgan fingerprint density at radius 3 is 2.84 bits per heavy atom. The fourth-order valence-corrected chi connectivity index (χ4v) is 1.90. The van der Waals surface area contributed by atoms with E-state index in [1.807, 2.05) is 19.1 Å². The van der Waals surface area contributed by atoms with Gasteiger partial charge in [-0.25, -0.2) is 0 Å². The molecule has 1 rings (SSSR count). The average Bonchev–Trinajstić information content (AvgIpc) is 2.41. The number of carbonyl (C=O) groups is 1. The van der Waals surface area contributed by atoms with Crippen molar-refractivity contribution in [3.8, 4) is 0 Å². The second-order valence-electron chi connectivity index (χ2n) is 4.75. The summed E-state index contributed by atoms with van der Waals surface area (Å²) in [6.07, 6.45) is 1.84. The van der Waals surface area contributed by atoms with Gasteiger partial charge in [0.05, 0.1) is 6.54 Å². The molecule has 0 atom stereocenters. The Balaban J connectivity index is 2.68. The molecule has 0 aliphatic rings. The van der Waals surface area contributed by atoms with Crippen molar-refractivity contribution >= 4 is 11.6 Å². The van der Waals surface area contributed by atoms with E-state index in [2.05, 4.69) is 29.3 Å². The second-order valence-corrected chi connectivity index (χ2v) is 4.75. The average molecular weight is 263 g/mol. The van der Waals surface area contributed by atoms with Crippen LogP contribution >= 0.6 is 0 Å². The summed E-state index contributed by atoms with van der Waals surface area (Å²) in [5, 5.41) is 2.91. The molecule has 0 unspecified atom stereocenters. The van der Waals surface area contributed by atoms with Crippen LogP contribution in [0.25, 0.3) is 0 Å². The van der Waals surface area contributed by atoms with Crippen molar-refractivity contribution < 1.29 is 4.79 Å². The number of nitrogens with two attached hydrogens (primary N) is 1. The highest BCUT2D eigenvalue weighted by atomic mass is 16.2. The maximum atomic E-state index is 11.8. The normalized spacial score (nSPS) is 10.3. The molecule has 0 aromatic heterocycles. The molecule has 1 aromatic rings. The minimum absolute atomic E-state index is 0.0698. The topological polar surface area (TPSA) is 58.4 Å². The summed E-state index contributed by atoms with van der Waals surface area (Å²) in [5.74, 6) is 0.0698. The van der Waals surface area contributed by atoms with Gasteiger partial charge in [-0.3, -0.25) is 4.79 Å². The maximum absolute atomic E-state index is 11.8. The highest BCUT2D eigenvalue weighted by Gasteiger charge is 2.10. The summed E-state index contributed by atoms with van der Waals surface area (Å²) in [4.78, 5) is 13.9. The number of aryl methyl sites for hydroxylation is 1. The van der Waals surface area contributed by atoms with Crippen molar-refractivity contribution in [1.29, 1.82) is 0 Å². The van der Waals surface area contributed by atoms with Crippen LogP contribution in [-0.4, -0.2) is 32.1 Å². The van der Waals surface area contributed by atoms with Gasteiger partial charge in [0.2, 0.25) is 5.91 Å². The fraction of sp³-hybridized carbons (Fsp3) is 0.533. The van der Waals surface area contributed by atoms with Gasteiger partial charge in [0, 0.05) is 18.8 Å². The number of hydrogen-bond donors (Lipinski definition) is 2. The largest absolute Gasteiger partial charge is 0.362 e. The third-order valence-electron chi connectivity index (χ3n) is 2.91. The number of hydrogen-bond acceptors (Lipinski definition) is 3. The van der Waals surface area contributed by atoms with Crippen molar-refractivity contribution in [2.75, 3.05) is 31.1 Å². The zero-order chi connectivity index (χ0) is 14.1. The Labute approximate surface area is 116 Å². The highest BCUT2D eigenvalue weighted by molar-refractivity contribution is 5.81. The Bertz CT molecular complexity index is 393. The summed E-state index contributed by atoms with van der Waals surface area (Å²) < 4.78 is 0. The van der Waals surface area contributed by atoms with Gasteiger partial charge < -0.3 is 16.0 Å². The number of nitrogens with zero attached hydrogens (tertiary/aromatic N) is 1. The molecule has 0 aliphatic carbocycles. The van der Waals surface area contributed by atoms with Crippen LogP contribution in [0.3, 0.4) is 0 Å². The summed E-state index contributed by atoms with van der Waals surface area (Å²) in [6.45, 7) is 6.67. The molecule has 19 heavy (non-hydrogen) atoms. The molecule has 0 radical (unpaired) electrons. The van der Waals surface area contributed by atoms with Crippen molar-refractivity contribution in [2.45, 2.75) is 26.7 Å². The smallest absolute Gasteiger partial charge is 0.239 e. The predicted molar refractivity (Wildman–Crippen MR) is 80.4 cm³/mol. The highest BCUT2D eigenvalue weighted by Crippen LogP contribution is 2.15. The van der Waals surface area contributed by atoms with Crippen molar-refractivity contribution in [3.05, 3.63) is 29.8 Å². The zero-order valence-corrected chi connectivity index (χ0v) is 12.0. The van der Waals surface area contributed by atoms with Gasteiger partial charge in [-0.05, 0) is 44.0 Å². The van der Waals surface area contributed by atoms with E-state index in [0.29, 0.717) is 13.1 Å². The van der Waals surface area contributed by atoms with Crippen LogP contribution in [0.15, 0.2) is 24.3 Å². The van der Waals surface area contributed by atoms with Crippen LogP contribution in [0.5, 0.6) is 0 Å². The van der Waals surface area contributed by atoms with Gasteiger partial charge in [-0.2, -0.15) is 0 Å². The zero-order valence-electron chi connectivity index (χ0n) is 12.0. The Morgan fingerprint density at radius 1 is 1.42 bits per heavy atom. The van der Waals surface area contributed by atoms with E-state index in [9.17, 15) is 4.79 Å². The maximum Gasteiger partial charge on any atom is 0.239 e. The van der Waals surface area contributed by atoms with E-state index in [4.69, 9.17) is 5.73 Å². The molecule has 0 spiro atoms. The van der Waals surface area contributed by atoms with Crippen LogP contribution in [-0.2, 0) is 4.79 Å². The lowest BCUT2D eigenvalue weighted by atomic mass is 10.2. The third kappa shape index (κ3) is 5.75. The van der Waals surface area contributed by atoms with Crippen LogP contribution in [0.1, 0.15) is 25.3 Å². The van der Waals surface area contributed by atoms with Crippen molar-refractivity contribution in [2.24, 2.45) is 5.73 Å². The number of anilines is 1. The fourth-order valence-electron chi connectivity index (χ4n) is 1.90. The molecule has 0 aliphatic heterocycles. The lowest BCUT2D eigenvalue weighted by molar-refractivity contribution is -0.119. The summed E-state index contributed by atoms with van der Waals surface area (Å²) in [7, 11) is 0. The molecule has 0 saturated carbocycles. The Hall–Kier alpha value is -1.55. The number of benzene rings is 1.